The van der Waals surface area contributed by atoms with Crippen LogP contribution < -0.4 is 16.0 Å². The number of anilines is 1. The number of hydrogen-bond donors (Lipinski definition) is 2. The number of nitrogens with two attached hydrogens (primary N) is 1. The number of nitrogens with zero attached hydrogens (tertiary/aromatic N) is 2. The number of unbranched alkanes of at least 4 members (excludes halogenated alkanes) is 3. The molecule has 0 unspecified atom stereocenters. The van der Waals surface area contributed by atoms with Gasteiger partial charge in [-0.3, -0.25) is 4.79 Å². The van der Waals surface area contributed by atoms with Crippen LogP contribution in [0, 0.1) is 0 Å². The molecule has 3 N–H and O–H groups in total. The third-order valence-corrected chi connectivity index (χ3v) is 4.09. The molecule has 2 heterocycles. The first-order valence-corrected chi connectivity index (χ1v) is 8.46. The molecule has 0 atom stereocenters. The molecule has 1 aliphatic heterocycles. The summed E-state index contributed by atoms with van der Waals surface area (Å²) in [4.78, 5) is 18.6. The molecule has 5 nitrogen and oxygen atoms in total. The Morgan fingerprint density at radius 2 is 1.83 bits per heavy atom. The molecule has 24 heavy (non-hydrogen) atoms. The van der Waals surface area contributed by atoms with Gasteiger partial charge in [-0.15, -0.1) is 24.8 Å². The van der Waals surface area contributed by atoms with Crippen molar-refractivity contribution in [1.82, 2.24) is 10.3 Å². The summed E-state index contributed by atoms with van der Waals surface area (Å²) in [6.07, 6.45) is 9.17. The Labute approximate surface area is 157 Å². The van der Waals surface area contributed by atoms with E-state index in [4.69, 9.17) is 5.73 Å². The van der Waals surface area contributed by atoms with Crippen LogP contribution in [0.4, 0.5) is 5.82 Å². The number of carbonyl (C=O) groups is 1. The molecule has 1 aromatic heterocycles. The highest BCUT2D eigenvalue weighted by Gasteiger charge is 2.12. The Kier molecular flexibility index (Phi) is 12.7. The second kappa shape index (κ2) is 13.3. The largest absolute Gasteiger partial charge is 0.357 e. The molecular weight excluding hydrogens is 347 g/mol. The monoisotopic (exact) mass is 376 g/mol. The molecule has 2 rings (SSSR count). The van der Waals surface area contributed by atoms with Gasteiger partial charge in [0, 0.05) is 32.3 Å². The van der Waals surface area contributed by atoms with Gasteiger partial charge in [0.1, 0.15) is 5.82 Å². The maximum Gasteiger partial charge on any atom is 0.220 e. The first kappa shape index (κ1) is 23.0. The lowest BCUT2D eigenvalue weighted by Gasteiger charge is -2.16. The lowest BCUT2D eigenvalue weighted by Crippen LogP contribution is -2.23. The van der Waals surface area contributed by atoms with Crippen LogP contribution >= 0.6 is 24.8 Å². The Balaban J connectivity index is 0.00000264. The molecule has 138 valence electrons. The molecular formula is C17H30Cl2N4O. The molecule has 1 fully saturated rings. The van der Waals surface area contributed by atoms with E-state index in [1.54, 1.807) is 0 Å². The van der Waals surface area contributed by atoms with Gasteiger partial charge in [0.05, 0.1) is 0 Å². The Bertz CT molecular complexity index is 450. The second-order valence-electron chi connectivity index (χ2n) is 5.95. The molecule has 1 aliphatic rings. The second-order valence-corrected chi connectivity index (χ2v) is 5.95. The van der Waals surface area contributed by atoms with Crippen LogP contribution in [-0.4, -0.2) is 30.5 Å². The van der Waals surface area contributed by atoms with Gasteiger partial charge in [-0.25, -0.2) is 4.98 Å². The summed E-state index contributed by atoms with van der Waals surface area (Å²) in [6, 6.07) is 4.11. The van der Waals surface area contributed by atoms with E-state index in [9.17, 15) is 4.79 Å². The maximum absolute atomic E-state index is 11.8. The highest BCUT2D eigenvalue weighted by atomic mass is 35.5. The number of rotatable bonds is 9. The minimum Gasteiger partial charge on any atom is -0.357 e. The van der Waals surface area contributed by atoms with Crippen LogP contribution in [0.2, 0.25) is 0 Å². The summed E-state index contributed by atoms with van der Waals surface area (Å²) < 4.78 is 0. The van der Waals surface area contributed by atoms with Crippen LogP contribution in [0.1, 0.15) is 50.5 Å². The van der Waals surface area contributed by atoms with Crippen molar-refractivity contribution in [1.29, 1.82) is 0 Å². The zero-order valence-corrected chi connectivity index (χ0v) is 15.8. The molecule has 0 bridgehead atoms. The topological polar surface area (TPSA) is 71.2 Å². The normalized spacial score (nSPS) is 13.1. The van der Waals surface area contributed by atoms with Crippen molar-refractivity contribution < 1.29 is 4.79 Å². The number of halogens is 2. The summed E-state index contributed by atoms with van der Waals surface area (Å²) in [5, 5.41) is 2.96. The summed E-state index contributed by atoms with van der Waals surface area (Å²) in [5.41, 5.74) is 6.50. The van der Waals surface area contributed by atoms with E-state index in [0.717, 1.165) is 56.7 Å². The van der Waals surface area contributed by atoms with Gasteiger partial charge < -0.3 is 16.0 Å². The van der Waals surface area contributed by atoms with Crippen LogP contribution in [0.3, 0.4) is 0 Å². The van der Waals surface area contributed by atoms with Crippen molar-refractivity contribution in [2.24, 2.45) is 5.73 Å². The van der Waals surface area contributed by atoms with Gasteiger partial charge >= 0.3 is 0 Å². The molecule has 0 aromatic carbocycles. The SMILES string of the molecule is Cl.Cl.NCCCCCCC(=O)NCc1ccc(N2CCCC2)nc1. The van der Waals surface area contributed by atoms with Crippen molar-refractivity contribution in [2.75, 3.05) is 24.5 Å². The van der Waals surface area contributed by atoms with Crippen molar-refractivity contribution >= 4 is 36.5 Å². The van der Waals surface area contributed by atoms with Crippen LogP contribution in [0.25, 0.3) is 0 Å². The number of carbonyl (C=O) groups excluding carboxylic acids is 1. The number of pyridine rings is 1. The van der Waals surface area contributed by atoms with Gasteiger partial charge in [-0.05, 0) is 43.9 Å². The van der Waals surface area contributed by atoms with Crippen LogP contribution in [0.5, 0.6) is 0 Å². The Hall–Kier alpha value is -1.04. The van der Waals surface area contributed by atoms with Gasteiger partial charge in [0.25, 0.3) is 0 Å². The summed E-state index contributed by atoms with van der Waals surface area (Å²) in [7, 11) is 0. The van der Waals surface area contributed by atoms with E-state index in [1.807, 2.05) is 6.20 Å². The highest BCUT2D eigenvalue weighted by Crippen LogP contribution is 2.17. The summed E-state index contributed by atoms with van der Waals surface area (Å²) >= 11 is 0. The molecule has 7 heteroatoms. The molecule has 0 saturated carbocycles. The Morgan fingerprint density at radius 1 is 1.12 bits per heavy atom. The average molecular weight is 377 g/mol. The van der Waals surface area contributed by atoms with Crippen LogP contribution in [0.15, 0.2) is 18.3 Å². The molecule has 0 aliphatic carbocycles. The predicted octanol–water partition coefficient (Wildman–Crippen LogP) is 3.05. The zero-order chi connectivity index (χ0) is 15.6. The first-order chi connectivity index (χ1) is 10.8. The van der Waals surface area contributed by atoms with Crippen molar-refractivity contribution in [3.63, 3.8) is 0 Å². The van der Waals surface area contributed by atoms with Gasteiger partial charge in [0.15, 0.2) is 0 Å². The average Bonchev–Trinajstić information content (AvgIpc) is 3.08. The highest BCUT2D eigenvalue weighted by molar-refractivity contribution is 5.85. The minimum atomic E-state index is 0. The quantitative estimate of drug-likeness (QED) is 0.649. The number of amides is 1. The lowest BCUT2D eigenvalue weighted by atomic mass is 10.1. The third-order valence-electron chi connectivity index (χ3n) is 4.09. The van der Waals surface area contributed by atoms with E-state index in [-0.39, 0.29) is 30.7 Å². The zero-order valence-electron chi connectivity index (χ0n) is 14.2. The van der Waals surface area contributed by atoms with E-state index in [1.165, 1.54) is 12.8 Å². The molecule has 1 aromatic rings. The van der Waals surface area contributed by atoms with E-state index in [2.05, 4.69) is 27.3 Å². The third kappa shape index (κ3) is 8.18. The predicted molar refractivity (Wildman–Crippen MR) is 104 cm³/mol. The standard InChI is InChI=1S/C17H28N4O.2ClH/c18-10-4-2-1-3-7-17(22)20-14-15-8-9-16(19-13-15)21-11-5-6-12-21;;/h8-9,13H,1-7,10-12,14,18H2,(H,20,22);2*1H. The van der Waals surface area contributed by atoms with Gasteiger partial charge in [-0.1, -0.05) is 18.9 Å². The van der Waals surface area contributed by atoms with E-state index in [0.29, 0.717) is 13.0 Å². The van der Waals surface area contributed by atoms with Crippen molar-refractivity contribution in [3.05, 3.63) is 23.9 Å². The van der Waals surface area contributed by atoms with Crippen molar-refractivity contribution in [3.8, 4) is 0 Å². The number of nitrogens with one attached hydrogen (secondary N) is 1. The fourth-order valence-electron chi connectivity index (χ4n) is 2.73. The van der Waals surface area contributed by atoms with Crippen LogP contribution in [-0.2, 0) is 11.3 Å². The first-order valence-electron chi connectivity index (χ1n) is 8.46. The fraction of sp³-hybridized carbons (Fsp3) is 0.647. The summed E-state index contributed by atoms with van der Waals surface area (Å²) in [5.74, 6) is 1.17. The van der Waals surface area contributed by atoms with E-state index < -0.39 is 0 Å². The number of aromatic nitrogens is 1. The number of hydrogen-bond acceptors (Lipinski definition) is 4. The van der Waals surface area contributed by atoms with E-state index >= 15 is 0 Å². The molecule has 0 radical (unpaired) electrons. The molecule has 1 saturated heterocycles. The van der Waals surface area contributed by atoms with Gasteiger partial charge in [-0.2, -0.15) is 0 Å². The minimum absolute atomic E-state index is 0. The van der Waals surface area contributed by atoms with Crippen molar-refractivity contribution in [2.45, 2.75) is 51.5 Å². The van der Waals surface area contributed by atoms with Gasteiger partial charge in [0.2, 0.25) is 5.91 Å². The smallest absolute Gasteiger partial charge is 0.220 e. The maximum atomic E-state index is 11.8. The molecule has 1 amide bonds. The lowest BCUT2D eigenvalue weighted by molar-refractivity contribution is -0.121. The summed E-state index contributed by atoms with van der Waals surface area (Å²) in [6.45, 7) is 3.52. The molecule has 0 spiro atoms. The Morgan fingerprint density at radius 3 is 2.46 bits per heavy atom. The fourth-order valence-corrected chi connectivity index (χ4v) is 2.73.